The van der Waals surface area contributed by atoms with Crippen LogP contribution in [0.5, 0.6) is 0 Å². The van der Waals surface area contributed by atoms with Crippen molar-refractivity contribution < 1.29 is 18.4 Å². The van der Waals surface area contributed by atoms with E-state index in [1.54, 1.807) is 0 Å². The summed E-state index contributed by atoms with van der Waals surface area (Å²) >= 11 is 0. The predicted octanol–water partition coefficient (Wildman–Crippen LogP) is 2.08. The summed E-state index contributed by atoms with van der Waals surface area (Å²) in [6.07, 6.45) is -2.06. The third-order valence-electron chi connectivity index (χ3n) is 2.61. The average Bonchev–Trinajstić information content (AvgIpc) is 2.25. The lowest BCUT2D eigenvalue weighted by atomic mass is 10.1. The summed E-state index contributed by atoms with van der Waals surface area (Å²) in [5, 5.41) is 13.6. The summed E-state index contributed by atoms with van der Waals surface area (Å²) in [4.78, 5) is 0. The summed E-state index contributed by atoms with van der Waals surface area (Å²) in [6, 6.07) is 0.0244. The number of nitrogens with two attached hydrogens (primary N) is 1. The summed E-state index contributed by atoms with van der Waals surface area (Å²) in [7, 11) is 0. The monoisotopic (exact) mass is 255 g/mol. The second-order valence-corrected chi connectivity index (χ2v) is 3.92. The van der Waals surface area contributed by atoms with Gasteiger partial charge in [0.2, 0.25) is 0 Å². The maximum atomic E-state index is 12.6. The molecule has 0 heterocycles. The van der Waals surface area contributed by atoms with Crippen LogP contribution in [0.15, 0.2) is 5.16 Å². The minimum Gasteiger partial charge on any atom is -0.409 e. The Balaban J connectivity index is 4.46. The molecule has 0 saturated carbocycles. The number of rotatable bonds is 7. The van der Waals surface area contributed by atoms with E-state index in [4.69, 9.17) is 10.9 Å². The van der Waals surface area contributed by atoms with Gasteiger partial charge in [0, 0.05) is 12.6 Å². The van der Waals surface area contributed by atoms with E-state index in [1.165, 1.54) is 0 Å². The minimum absolute atomic E-state index is 0.0244. The summed E-state index contributed by atoms with van der Waals surface area (Å²) < 4.78 is 37.8. The molecular formula is C10H20F3N3O. The SMILES string of the molecule is CCCC(CC)NCC(C(N)=NO)C(F)(F)F. The van der Waals surface area contributed by atoms with Gasteiger partial charge in [-0.15, -0.1) is 0 Å². The van der Waals surface area contributed by atoms with Crippen molar-refractivity contribution in [2.45, 2.75) is 45.3 Å². The minimum atomic E-state index is -4.51. The van der Waals surface area contributed by atoms with E-state index in [-0.39, 0.29) is 12.6 Å². The lowest BCUT2D eigenvalue weighted by Crippen LogP contribution is -2.45. The van der Waals surface area contributed by atoms with Crippen LogP contribution in [0, 0.1) is 5.92 Å². The van der Waals surface area contributed by atoms with Gasteiger partial charge in [-0.05, 0) is 12.8 Å². The first kappa shape index (κ1) is 16.0. The normalized spacial score (nSPS) is 16.9. The Kier molecular flexibility index (Phi) is 6.94. The maximum Gasteiger partial charge on any atom is 0.400 e. The molecule has 0 fully saturated rings. The van der Waals surface area contributed by atoms with Gasteiger partial charge in [0.15, 0.2) is 5.84 Å². The van der Waals surface area contributed by atoms with E-state index in [0.29, 0.717) is 0 Å². The van der Waals surface area contributed by atoms with Crippen molar-refractivity contribution in [3.63, 3.8) is 0 Å². The van der Waals surface area contributed by atoms with Crippen LogP contribution in [0.2, 0.25) is 0 Å². The van der Waals surface area contributed by atoms with Gasteiger partial charge in [0.25, 0.3) is 0 Å². The van der Waals surface area contributed by atoms with Gasteiger partial charge in [-0.2, -0.15) is 13.2 Å². The highest BCUT2D eigenvalue weighted by molar-refractivity contribution is 5.83. The van der Waals surface area contributed by atoms with E-state index < -0.39 is 17.9 Å². The molecule has 0 spiro atoms. The quantitative estimate of drug-likeness (QED) is 0.282. The van der Waals surface area contributed by atoms with Gasteiger partial charge in [-0.3, -0.25) is 0 Å². The first-order valence-electron chi connectivity index (χ1n) is 5.64. The number of nitrogens with zero attached hydrogens (tertiary/aromatic N) is 1. The third kappa shape index (κ3) is 5.76. The van der Waals surface area contributed by atoms with Crippen molar-refractivity contribution >= 4 is 5.84 Å². The zero-order valence-corrected chi connectivity index (χ0v) is 10.1. The van der Waals surface area contributed by atoms with Crippen LogP contribution in [0.4, 0.5) is 13.2 Å². The van der Waals surface area contributed by atoms with Gasteiger partial charge >= 0.3 is 6.18 Å². The Morgan fingerprint density at radius 3 is 2.35 bits per heavy atom. The fourth-order valence-corrected chi connectivity index (χ4v) is 1.54. The molecule has 17 heavy (non-hydrogen) atoms. The fraction of sp³-hybridized carbons (Fsp3) is 0.900. The zero-order valence-electron chi connectivity index (χ0n) is 10.1. The number of hydrogen-bond donors (Lipinski definition) is 3. The number of oxime groups is 1. The molecule has 102 valence electrons. The van der Waals surface area contributed by atoms with Crippen molar-refractivity contribution in [1.29, 1.82) is 0 Å². The number of alkyl halides is 3. The van der Waals surface area contributed by atoms with Crippen LogP contribution >= 0.6 is 0 Å². The largest absolute Gasteiger partial charge is 0.409 e. The molecule has 0 aliphatic heterocycles. The van der Waals surface area contributed by atoms with Crippen LogP contribution in [0.3, 0.4) is 0 Å². The van der Waals surface area contributed by atoms with Crippen LogP contribution in [0.25, 0.3) is 0 Å². The van der Waals surface area contributed by atoms with Gasteiger partial charge in [0.1, 0.15) is 5.92 Å². The molecule has 2 unspecified atom stereocenters. The average molecular weight is 255 g/mol. The molecule has 0 aromatic rings. The second kappa shape index (κ2) is 7.37. The lowest BCUT2D eigenvalue weighted by Gasteiger charge is -2.23. The molecule has 0 rings (SSSR count). The lowest BCUT2D eigenvalue weighted by molar-refractivity contribution is -0.155. The molecule has 4 N–H and O–H groups in total. The molecule has 2 atom stereocenters. The van der Waals surface area contributed by atoms with E-state index in [1.807, 2.05) is 13.8 Å². The smallest absolute Gasteiger partial charge is 0.400 e. The topological polar surface area (TPSA) is 70.6 Å². The number of amidine groups is 1. The van der Waals surface area contributed by atoms with Crippen molar-refractivity contribution in [3.05, 3.63) is 0 Å². The Bertz CT molecular complexity index is 243. The molecule has 7 heteroatoms. The van der Waals surface area contributed by atoms with Gasteiger partial charge < -0.3 is 16.3 Å². The Morgan fingerprint density at radius 2 is 2.00 bits per heavy atom. The Hall–Kier alpha value is -0.980. The van der Waals surface area contributed by atoms with Gasteiger partial charge in [-0.1, -0.05) is 25.4 Å². The number of hydrogen-bond acceptors (Lipinski definition) is 3. The first-order valence-corrected chi connectivity index (χ1v) is 5.64. The van der Waals surface area contributed by atoms with Crippen molar-refractivity contribution in [1.82, 2.24) is 5.32 Å². The summed E-state index contributed by atoms with van der Waals surface area (Å²) in [6.45, 7) is 3.51. The molecule has 0 aromatic heterocycles. The standard InChI is InChI=1S/C10H20F3N3O/c1-3-5-7(4-2)15-6-8(9(14)16-17)10(11,12)13/h7-8,15,17H,3-6H2,1-2H3,(H2,14,16). The number of nitrogens with one attached hydrogen (secondary N) is 1. The van der Waals surface area contributed by atoms with E-state index in [9.17, 15) is 13.2 Å². The zero-order chi connectivity index (χ0) is 13.5. The van der Waals surface area contributed by atoms with Gasteiger partial charge in [-0.25, -0.2) is 0 Å². The van der Waals surface area contributed by atoms with E-state index >= 15 is 0 Å². The van der Waals surface area contributed by atoms with Crippen molar-refractivity contribution in [2.24, 2.45) is 16.8 Å². The van der Waals surface area contributed by atoms with E-state index in [2.05, 4.69) is 10.5 Å². The maximum absolute atomic E-state index is 12.6. The third-order valence-corrected chi connectivity index (χ3v) is 2.61. The molecular weight excluding hydrogens is 235 g/mol. The summed E-state index contributed by atoms with van der Waals surface area (Å²) in [5.74, 6) is -2.75. The second-order valence-electron chi connectivity index (χ2n) is 3.92. The predicted molar refractivity (Wildman–Crippen MR) is 59.9 cm³/mol. The summed E-state index contributed by atoms with van der Waals surface area (Å²) in [5.41, 5.74) is 5.04. The molecule has 0 bridgehead atoms. The highest BCUT2D eigenvalue weighted by atomic mass is 19.4. The molecule has 0 aromatic carbocycles. The molecule has 0 saturated heterocycles. The van der Waals surface area contributed by atoms with Crippen molar-refractivity contribution in [3.8, 4) is 0 Å². The fourth-order valence-electron chi connectivity index (χ4n) is 1.54. The van der Waals surface area contributed by atoms with Crippen LogP contribution in [-0.2, 0) is 0 Å². The first-order chi connectivity index (χ1) is 7.86. The molecule has 4 nitrogen and oxygen atoms in total. The molecule has 0 aliphatic rings. The highest BCUT2D eigenvalue weighted by Crippen LogP contribution is 2.26. The van der Waals surface area contributed by atoms with Crippen LogP contribution in [-0.4, -0.2) is 29.8 Å². The van der Waals surface area contributed by atoms with E-state index in [0.717, 1.165) is 19.3 Å². The highest BCUT2D eigenvalue weighted by Gasteiger charge is 2.42. The Labute approximate surface area is 99.1 Å². The van der Waals surface area contributed by atoms with Crippen molar-refractivity contribution in [2.75, 3.05) is 6.54 Å². The number of halogens is 3. The van der Waals surface area contributed by atoms with Crippen LogP contribution in [0.1, 0.15) is 33.1 Å². The molecule has 0 aliphatic carbocycles. The molecule has 0 amide bonds. The van der Waals surface area contributed by atoms with Crippen LogP contribution < -0.4 is 11.1 Å². The van der Waals surface area contributed by atoms with Gasteiger partial charge in [0.05, 0.1) is 0 Å². The molecule has 0 radical (unpaired) electrons. The Morgan fingerprint density at radius 1 is 1.41 bits per heavy atom.